The number of benzene rings is 3. The predicted molar refractivity (Wildman–Crippen MR) is 150 cm³/mol. The number of hydrogen-bond acceptors (Lipinski definition) is 6. The van der Waals surface area contributed by atoms with E-state index in [2.05, 4.69) is 52.9 Å². The fourth-order valence-corrected chi connectivity index (χ4v) is 5.21. The number of aromatic nitrogens is 4. The second-order valence-corrected chi connectivity index (χ2v) is 9.78. The number of aryl methyl sites for hydroxylation is 1. The summed E-state index contributed by atoms with van der Waals surface area (Å²) >= 11 is 0. The summed E-state index contributed by atoms with van der Waals surface area (Å²) in [6.45, 7) is 3.12. The summed E-state index contributed by atoms with van der Waals surface area (Å²) in [5.41, 5.74) is 3.72. The Labute approximate surface area is 228 Å². The van der Waals surface area contributed by atoms with Crippen LogP contribution in [0.4, 0.5) is 0 Å². The molecule has 0 bridgehead atoms. The first-order valence-electron chi connectivity index (χ1n) is 13.4. The zero-order valence-corrected chi connectivity index (χ0v) is 22.5. The van der Waals surface area contributed by atoms with Gasteiger partial charge in [0.2, 0.25) is 0 Å². The Morgan fingerprint density at radius 3 is 1.92 bits per heavy atom. The first kappa shape index (κ1) is 25.1. The summed E-state index contributed by atoms with van der Waals surface area (Å²) in [5, 5.41) is 0. The average molecular weight is 521 g/mol. The molecule has 0 radical (unpaired) electrons. The molecule has 6 rings (SSSR count). The summed E-state index contributed by atoms with van der Waals surface area (Å²) in [4.78, 5) is 14.4. The van der Waals surface area contributed by atoms with E-state index in [4.69, 9.17) is 24.2 Å². The molecule has 1 fully saturated rings. The standard InChI is InChI=1S/C32H32N4O3/c1-4-36-29(34-28-20-33-30(22-10-11-22)35-31(28)36)21-39-32(23-8-6-5-7-9-23,24-12-16-26(37-2)17-13-24)25-14-18-27(38-3)19-15-25/h5-9,12-20,22H,4,10-11,21H2,1-3H3. The highest BCUT2D eigenvalue weighted by atomic mass is 16.5. The summed E-state index contributed by atoms with van der Waals surface area (Å²) in [7, 11) is 3.35. The smallest absolute Gasteiger partial charge is 0.163 e. The predicted octanol–water partition coefficient (Wildman–Crippen LogP) is 6.25. The summed E-state index contributed by atoms with van der Waals surface area (Å²) < 4.78 is 20.1. The van der Waals surface area contributed by atoms with Crippen LogP contribution in [0.25, 0.3) is 11.2 Å². The van der Waals surface area contributed by atoms with E-state index >= 15 is 0 Å². The number of hydrogen-bond donors (Lipinski definition) is 0. The fraction of sp³-hybridized carbons (Fsp3) is 0.281. The molecule has 0 saturated heterocycles. The van der Waals surface area contributed by atoms with Gasteiger partial charge in [-0.25, -0.2) is 15.0 Å². The lowest BCUT2D eigenvalue weighted by Gasteiger charge is -2.36. The largest absolute Gasteiger partial charge is 0.497 e. The molecule has 2 heterocycles. The highest BCUT2D eigenvalue weighted by Crippen LogP contribution is 2.42. The third kappa shape index (κ3) is 4.63. The van der Waals surface area contributed by atoms with Crippen molar-refractivity contribution in [2.75, 3.05) is 14.2 Å². The number of imidazole rings is 1. The van der Waals surface area contributed by atoms with Crippen molar-refractivity contribution in [3.8, 4) is 11.5 Å². The molecule has 0 spiro atoms. The van der Waals surface area contributed by atoms with Gasteiger partial charge in [-0.3, -0.25) is 0 Å². The molecular formula is C32H32N4O3. The number of rotatable bonds is 10. The van der Waals surface area contributed by atoms with Crippen molar-refractivity contribution < 1.29 is 14.2 Å². The molecule has 5 aromatic rings. The van der Waals surface area contributed by atoms with Crippen LogP contribution in [0.15, 0.2) is 85.1 Å². The third-order valence-corrected chi connectivity index (χ3v) is 7.44. The number of methoxy groups -OCH3 is 2. The van der Waals surface area contributed by atoms with E-state index in [1.165, 1.54) is 0 Å². The van der Waals surface area contributed by atoms with Gasteiger partial charge in [-0.2, -0.15) is 0 Å². The first-order valence-corrected chi connectivity index (χ1v) is 13.4. The molecule has 0 amide bonds. The Balaban J connectivity index is 1.48. The van der Waals surface area contributed by atoms with Gasteiger partial charge < -0.3 is 18.8 Å². The maximum absolute atomic E-state index is 7.07. The summed E-state index contributed by atoms with van der Waals surface area (Å²) in [6, 6.07) is 26.4. The molecular weight excluding hydrogens is 488 g/mol. The van der Waals surface area contributed by atoms with Crippen LogP contribution in [0.1, 0.15) is 54.0 Å². The van der Waals surface area contributed by atoms with Crippen LogP contribution in [0, 0.1) is 0 Å². The van der Waals surface area contributed by atoms with Gasteiger partial charge in [0.25, 0.3) is 0 Å². The highest BCUT2D eigenvalue weighted by molar-refractivity contribution is 5.70. The fourth-order valence-electron chi connectivity index (χ4n) is 5.21. The van der Waals surface area contributed by atoms with Gasteiger partial charge in [0.1, 0.15) is 40.9 Å². The molecule has 1 saturated carbocycles. The Morgan fingerprint density at radius 1 is 0.795 bits per heavy atom. The monoisotopic (exact) mass is 520 g/mol. The number of ether oxygens (including phenoxy) is 3. The minimum absolute atomic E-state index is 0.274. The molecule has 2 aromatic heterocycles. The van der Waals surface area contributed by atoms with Gasteiger partial charge in [0.05, 0.1) is 20.4 Å². The van der Waals surface area contributed by atoms with Gasteiger partial charge in [0, 0.05) is 12.5 Å². The molecule has 39 heavy (non-hydrogen) atoms. The van der Waals surface area contributed by atoms with Crippen LogP contribution in [-0.2, 0) is 23.5 Å². The van der Waals surface area contributed by atoms with Crippen LogP contribution in [0.3, 0.4) is 0 Å². The van der Waals surface area contributed by atoms with E-state index in [9.17, 15) is 0 Å². The Hall–Kier alpha value is -4.23. The Morgan fingerprint density at radius 2 is 1.38 bits per heavy atom. The third-order valence-electron chi connectivity index (χ3n) is 7.44. The molecule has 198 valence electrons. The summed E-state index contributed by atoms with van der Waals surface area (Å²) in [5.74, 6) is 3.78. The zero-order valence-electron chi connectivity index (χ0n) is 22.5. The first-order chi connectivity index (χ1) is 19.2. The van der Waals surface area contributed by atoms with E-state index in [0.717, 1.165) is 70.4 Å². The van der Waals surface area contributed by atoms with E-state index in [0.29, 0.717) is 5.92 Å². The van der Waals surface area contributed by atoms with Crippen molar-refractivity contribution in [3.05, 3.63) is 113 Å². The second-order valence-electron chi connectivity index (χ2n) is 9.78. The lowest BCUT2D eigenvalue weighted by molar-refractivity contribution is -0.00431. The van der Waals surface area contributed by atoms with Crippen molar-refractivity contribution in [1.29, 1.82) is 0 Å². The molecule has 7 nitrogen and oxygen atoms in total. The SMILES string of the molecule is CCn1c(COC(c2ccccc2)(c2ccc(OC)cc2)c2ccc(OC)cc2)nc2cnc(C3CC3)nc21. The van der Waals surface area contributed by atoms with Crippen LogP contribution in [0.2, 0.25) is 0 Å². The maximum Gasteiger partial charge on any atom is 0.163 e. The van der Waals surface area contributed by atoms with Gasteiger partial charge in [0.15, 0.2) is 5.65 Å². The topological polar surface area (TPSA) is 71.3 Å². The molecule has 0 aliphatic heterocycles. The van der Waals surface area contributed by atoms with Gasteiger partial charge >= 0.3 is 0 Å². The average Bonchev–Trinajstić information content (AvgIpc) is 3.79. The maximum atomic E-state index is 7.07. The molecule has 0 unspecified atom stereocenters. The van der Waals surface area contributed by atoms with Crippen molar-refractivity contribution >= 4 is 11.2 Å². The van der Waals surface area contributed by atoms with Gasteiger partial charge in [-0.1, -0.05) is 54.6 Å². The molecule has 1 aliphatic carbocycles. The van der Waals surface area contributed by atoms with Crippen molar-refractivity contribution in [3.63, 3.8) is 0 Å². The van der Waals surface area contributed by atoms with Crippen molar-refractivity contribution in [1.82, 2.24) is 19.5 Å². The number of fused-ring (bicyclic) bond motifs is 1. The zero-order chi connectivity index (χ0) is 26.8. The molecule has 0 atom stereocenters. The molecule has 0 N–H and O–H groups in total. The van der Waals surface area contributed by atoms with Crippen LogP contribution >= 0.6 is 0 Å². The van der Waals surface area contributed by atoms with Crippen LogP contribution < -0.4 is 9.47 Å². The molecule has 3 aromatic carbocycles. The van der Waals surface area contributed by atoms with Gasteiger partial charge in [-0.05, 0) is 60.7 Å². The Bertz CT molecular complexity index is 1510. The highest BCUT2D eigenvalue weighted by Gasteiger charge is 2.38. The van der Waals surface area contributed by atoms with Crippen molar-refractivity contribution in [2.24, 2.45) is 0 Å². The van der Waals surface area contributed by atoms with E-state index in [1.54, 1.807) is 14.2 Å². The normalized spacial score (nSPS) is 13.5. The van der Waals surface area contributed by atoms with Crippen LogP contribution in [-0.4, -0.2) is 33.7 Å². The lowest BCUT2D eigenvalue weighted by atomic mass is 9.80. The molecule has 7 heteroatoms. The lowest BCUT2D eigenvalue weighted by Crippen LogP contribution is -2.33. The summed E-state index contributed by atoms with van der Waals surface area (Å²) in [6.07, 6.45) is 4.17. The van der Waals surface area contributed by atoms with Crippen LogP contribution in [0.5, 0.6) is 11.5 Å². The minimum atomic E-state index is -0.915. The quantitative estimate of drug-likeness (QED) is 0.203. The van der Waals surface area contributed by atoms with Gasteiger partial charge in [-0.15, -0.1) is 0 Å². The minimum Gasteiger partial charge on any atom is -0.497 e. The van der Waals surface area contributed by atoms with Crippen molar-refractivity contribution in [2.45, 2.75) is 44.4 Å². The Kier molecular flexibility index (Phi) is 6.75. The van der Waals surface area contributed by atoms with E-state index < -0.39 is 5.60 Å². The van der Waals surface area contributed by atoms with E-state index in [1.807, 2.05) is 48.7 Å². The van der Waals surface area contributed by atoms with E-state index in [-0.39, 0.29) is 6.61 Å². The number of nitrogens with zero attached hydrogens (tertiary/aromatic N) is 4. The molecule has 1 aliphatic rings. The second kappa shape index (κ2) is 10.5.